The van der Waals surface area contributed by atoms with E-state index in [1.165, 1.54) is 0 Å². The summed E-state index contributed by atoms with van der Waals surface area (Å²) in [7, 11) is 0. The van der Waals surface area contributed by atoms with Crippen LogP contribution in [0.2, 0.25) is 0 Å². The minimum atomic E-state index is -0.426. The zero-order valence-electron chi connectivity index (χ0n) is 7.75. The summed E-state index contributed by atoms with van der Waals surface area (Å²) in [5, 5.41) is 15.8. The smallest absolute Gasteiger partial charge is 0.169 e. The van der Waals surface area contributed by atoms with E-state index in [0.29, 0.717) is 5.71 Å². The van der Waals surface area contributed by atoms with Crippen LogP contribution in [-0.4, -0.2) is 22.6 Å². The van der Waals surface area contributed by atoms with Crippen molar-refractivity contribution in [3.63, 3.8) is 0 Å². The topological polar surface area (TPSA) is 85.2 Å². The summed E-state index contributed by atoms with van der Waals surface area (Å²) in [6.07, 6.45) is 3.93. The van der Waals surface area contributed by atoms with Gasteiger partial charge in [0.2, 0.25) is 0 Å². The first-order chi connectivity index (χ1) is 7.35. The average Bonchev–Trinajstić information content (AvgIpc) is 2.73. The van der Waals surface area contributed by atoms with E-state index in [2.05, 4.69) is 15.0 Å². The van der Waals surface area contributed by atoms with Gasteiger partial charge in [0.15, 0.2) is 11.9 Å². The van der Waals surface area contributed by atoms with Crippen LogP contribution in [0.3, 0.4) is 0 Å². The third kappa shape index (κ3) is 1.65. The van der Waals surface area contributed by atoms with Gasteiger partial charge in [-0.2, -0.15) is 5.26 Å². The molecule has 1 atom stereocenters. The van der Waals surface area contributed by atoms with Crippen LogP contribution in [0.25, 0.3) is 0 Å². The fraction of sp³-hybridized carbons (Fsp3) is 0.100. The summed E-state index contributed by atoms with van der Waals surface area (Å²) in [6.45, 7) is 0. The summed E-state index contributed by atoms with van der Waals surface area (Å²) in [4.78, 5) is 12.2. The van der Waals surface area contributed by atoms with E-state index >= 15 is 0 Å². The molecular formula is C10H7N5. The molecule has 72 valence electrons. The van der Waals surface area contributed by atoms with Crippen LogP contribution < -0.4 is 0 Å². The molecule has 5 heteroatoms. The zero-order chi connectivity index (χ0) is 10.7. The zero-order valence-corrected chi connectivity index (χ0v) is 7.75. The lowest BCUT2D eigenvalue weighted by Gasteiger charge is -2.01. The van der Waals surface area contributed by atoms with Gasteiger partial charge < -0.3 is 5.41 Å². The minimum Gasteiger partial charge on any atom is -0.306 e. The van der Waals surface area contributed by atoms with Crippen molar-refractivity contribution in [3.05, 3.63) is 30.1 Å². The predicted molar refractivity (Wildman–Crippen MR) is 56.2 cm³/mol. The van der Waals surface area contributed by atoms with Crippen molar-refractivity contribution < 1.29 is 0 Å². The highest BCUT2D eigenvalue weighted by molar-refractivity contribution is 6.66. The predicted octanol–water partition coefficient (Wildman–Crippen LogP) is 1.15. The molecule has 0 saturated carbocycles. The van der Waals surface area contributed by atoms with E-state index in [-0.39, 0.29) is 5.71 Å². The van der Waals surface area contributed by atoms with E-state index in [1.54, 1.807) is 18.5 Å². The second-order valence-electron chi connectivity index (χ2n) is 2.91. The van der Waals surface area contributed by atoms with Gasteiger partial charge in [0.05, 0.1) is 0 Å². The largest absolute Gasteiger partial charge is 0.306 e. The van der Waals surface area contributed by atoms with Crippen LogP contribution in [-0.2, 0) is 0 Å². The molecule has 0 amide bonds. The van der Waals surface area contributed by atoms with Gasteiger partial charge in [0.1, 0.15) is 11.8 Å². The summed E-state index contributed by atoms with van der Waals surface area (Å²) >= 11 is 0. The molecule has 15 heavy (non-hydrogen) atoms. The molecule has 1 unspecified atom stereocenters. The number of nitrogens with zero attached hydrogens (tertiary/aromatic N) is 4. The van der Waals surface area contributed by atoms with Crippen LogP contribution in [0.4, 0.5) is 0 Å². The Morgan fingerprint density at radius 1 is 1.47 bits per heavy atom. The molecule has 5 nitrogen and oxygen atoms in total. The van der Waals surface area contributed by atoms with Gasteiger partial charge in [-0.15, -0.1) is 0 Å². The Kier molecular flexibility index (Phi) is 2.33. The molecule has 0 radical (unpaired) electrons. The van der Waals surface area contributed by atoms with Crippen LogP contribution in [0.5, 0.6) is 0 Å². The van der Waals surface area contributed by atoms with Crippen LogP contribution in [0.1, 0.15) is 11.7 Å². The van der Waals surface area contributed by atoms with E-state index in [4.69, 9.17) is 10.7 Å². The fourth-order valence-corrected chi connectivity index (χ4v) is 1.28. The standard InChI is InChI=1S/C10H7N5/c11-4-8-9(5-12)15-10(14-8)7-2-1-3-13-6-7/h1-4,6,10-11H. The van der Waals surface area contributed by atoms with E-state index in [1.807, 2.05) is 12.1 Å². The lowest BCUT2D eigenvalue weighted by Crippen LogP contribution is -2.08. The maximum Gasteiger partial charge on any atom is 0.169 e. The van der Waals surface area contributed by atoms with Crippen molar-refractivity contribution in [1.82, 2.24) is 4.98 Å². The van der Waals surface area contributed by atoms with E-state index in [0.717, 1.165) is 11.8 Å². The van der Waals surface area contributed by atoms with Crippen LogP contribution >= 0.6 is 0 Å². The highest BCUT2D eigenvalue weighted by Crippen LogP contribution is 2.22. The van der Waals surface area contributed by atoms with Crippen molar-refractivity contribution in [1.29, 1.82) is 10.7 Å². The normalized spacial score (nSPS) is 19.0. The Labute approximate surface area is 86.3 Å². The van der Waals surface area contributed by atoms with E-state index in [9.17, 15) is 0 Å². The highest BCUT2D eigenvalue weighted by Gasteiger charge is 2.20. The van der Waals surface area contributed by atoms with Gasteiger partial charge in [-0.3, -0.25) is 4.98 Å². The van der Waals surface area contributed by atoms with Crippen molar-refractivity contribution in [2.24, 2.45) is 9.98 Å². The SMILES string of the molecule is N#CC1=NC(c2cccnc2)N=C1C=N. The Morgan fingerprint density at radius 3 is 2.87 bits per heavy atom. The number of pyridine rings is 1. The third-order valence-electron chi connectivity index (χ3n) is 1.98. The van der Waals surface area contributed by atoms with Gasteiger partial charge in [-0.25, -0.2) is 9.98 Å². The summed E-state index contributed by atoms with van der Waals surface area (Å²) in [6, 6.07) is 5.54. The maximum absolute atomic E-state index is 8.75. The molecule has 0 aliphatic carbocycles. The monoisotopic (exact) mass is 197 g/mol. The van der Waals surface area contributed by atoms with Gasteiger partial charge in [-0.1, -0.05) is 6.07 Å². The number of nitrogens with one attached hydrogen (secondary N) is 1. The molecule has 1 aliphatic rings. The minimum absolute atomic E-state index is 0.207. The number of nitriles is 1. The first-order valence-corrected chi connectivity index (χ1v) is 4.31. The Hall–Kier alpha value is -2.35. The lowest BCUT2D eigenvalue weighted by molar-refractivity contribution is 0.793. The molecule has 2 heterocycles. The van der Waals surface area contributed by atoms with Crippen molar-refractivity contribution in [3.8, 4) is 6.07 Å². The number of rotatable bonds is 2. The molecule has 0 bridgehead atoms. The highest BCUT2D eigenvalue weighted by atomic mass is 15.1. The van der Waals surface area contributed by atoms with Gasteiger partial charge in [0.25, 0.3) is 0 Å². The molecule has 1 aromatic rings. The molecule has 1 aliphatic heterocycles. The molecule has 0 saturated heterocycles. The first kappa shape index (κ1) is 9.21. The van der Waals surface area contributed by atoms with Crippen LogP contribution in [0, 0.1) is 16.7 Å². The molecule has 1 N–H and O–H groups in total. The Balaban J connectivity index is 2.37. The summed E-state index contributed by atoms with van der Waals surface area (Å²) in [5.74, 6) is 0. The van der Waals surface area contributed by atoms with Crippen molar-refractivity contribution in [2.75, 3.05) is 0 Å². The number of aliphatic imine (C=N–C) groups is 2. The molecule has 0 spiro atoms. The van der Waals surface area contributed by atoms with Gasteiger partial charge in [-0.05, 0) is 6.07 Å². The second kappa shape index (κ2) is 3.80. The Bertz CT molecular complexity index is 480. The average molecular weight is 197 g/mol. The molecule has 1 aromatic heterocycles. The molecule has 0 aromatic carbocycles. The lowest BCUT2D eigenvalue weighted by atomic mass is 10.2. The van der Waals surface area contributed by atoms with E-state index < -0.39 is 6.17 Å². The summed E-state index contributed by atoms with van der Waals surface area (Å²) < 4.78 is 0. The quantitative estimate of drug-likeness (QED) is 0.721. The first-order valence-electron chi connectivity index (χ1n) is 4.31. The van der Waals surface area contributed by atoms with Gasteiger partial charge in [0, 0.05) is 24.2 Å². The molecular weight excluding hydrogens is 190 g/mol. The van der Waals surface area contributed by atoms with Crippen molar-refractivity contribution >= 4 is 17.6 Å². The number of aromatic nitrogens is 1. The number of hydrogen-bond acceptors (Lipinski definition) is 5. The molecule has 2 rings (SSSR count). The summed E-state index contributed by atoms with van der Waals surface area (Å²) in [5.41, 5.74) is 1.35. The van der Waals surface area contributed by atoms with Crippen LogP contribution in [0.15, 0.2) is 34.5 Å². The van der Waals surface area contributed by atoms with Crippen molar-refractivity contribution in [2.45, 2.75) is 6.17 Å². The second-order valence-corrected chi connectivity index (χ2v) is 2.91. The molecule has 0 fully saturated rings. The maximum atomic E-state index is 8.75. The fourth-order valence-electron chi connectivity index (χ4n) is 1.28. The van der Waals surface area contributed by atoms with Gasteiger partial charge >= 0.3 is 0 Å². The number of hydrogen-bond donors (Lipinski definition) is 1. The Morgan fingerprint density at radius 2 is 2.33 bits per heavy atom. The third-order valence-corrected chi connectivity index (χ3v) is 1.98.